The lowest BCUT2D eigenvalue weighted by Gasteiger charge is -2.34. The minimum atomic E-state index is 0. The Bertz CT molecular complexity index is 523. The molecule has 6 heteroatoms. The van der Waals surface area contributed by atoms with Crippen molar-refractivity contribution in [2.75, 3.05) is 33.4 Å². The number of hydrogen-bond donors (Lipinski definition) is 1. The number of methoxy groups -OCH3 is 1. The molecule has 1 fully saturated rings. The molecule has 1 aliphatic rings. The molecule has 0 saturated carbocycles. The van der Waals surface area contributed by atoms with Crippen LogP contribution in [-0.2, 0) is 0 Å². The number of piperazine rings is 1. The highest BCUT2D eigenvalue weighted by atomic mass is 35.5. The fourth-order valence-corrected chi connectivity index (χ4v) is 2.48. The molecular weight excluding hydrogens is 316 g/mol. The van der Waals surface area contributed by atoms with Crippen LogP contribution in [0, 0.1) is 5.92 Å². The van der Waals surface area contributed by atoms with Crippen molar-refractivity contribution in [1.29, 1.82) is 0 Å². The van der Waals surface area contributed by atoms with Crippen LogP contribution >= 0.6 is 12.4 Å². The van der Waals surface area contributed by atoms with E-state index in [1.54, 1.807) is 13.2 Å². The second-order valence-electron chi connectivity index (χ2n) is 6.12. The van der Waals surface area contributed by atoms with Crippen LogP contribution in [0.4, 0.5) is 0 Å². The maximum atomic E-state index is 12.7. The zero-order valence-electron chi connectivity index (χ0n) is 14.3. The van der Waals surface area contributed by atoms with Crippen molar-refractivity contribution < 1.29 is 14.3 Å². The van der Waals surface area contributed by atoms with Crippen molar-refractivity contribution >= 4 is 18.3 Å². The van der Waals surface area contributed by atoms with Gasteiger partial charge >= 0.3 is 0 Å². The summed E-state index contributed by atoms with van der Waals surface area (Å²) in [5, 5.41) is 3.29. The molecule has 0 aliphatic carbocycles. The Balaban J connectivity index is 0.00000264. The summed E-state index contributed by atoms with van der Waals surface area (Å²) >= 11 is 0. The summed E-state index contributed by atoms with van der Waals surface area (Å²) in [5.41, 5.74) is 0.641. The molecule has 1 aliphatic heterocycles. The third-order valence-corrected chi connectivity index (χ3v) is 3.74. The molecule has 1 aromatic rings. The summed E-state index contributed by atoms with van der Waals surface area (Å²) in [5.74, 6) is 1.77. The first-order valence-electron chi connectivity index (χ1n) is 7.85. The molecule has 0 spiro atoms. The molecule has 1 atom stereocenters. The van der Waals surface area contributed by atoms with E-state index in [1.165, 1.54) is 0 Å². The van der Waals surface area contributed by atoms with Gasteiger partial charge in [-0.05, 0) is 31.0 Å². The molecule has 1 amide bonds. The van der Waals surface area contributed by atoms with Gasteiger partial charge in [-0.25, -0.2) is 0 Å². The second-order valence-corrected chi connectivity index (χ2v) is 6.12. The molecule has 0 unspecified atom stereocenters. The van der Waals surface area contributed by atoms with Crippen LogP contribution in [0.15, 0.2) is 18.2 Å². The van der Waals surface area contributed by atoms with Gasteiger partial charge < -0.3 is 19.7 Å². The lowest BCUT2D eigenvalue weighted by Crippen LogP contribution is -2.52. The summed E-state index contributed by atoms with van der Waals surface area (Å²) in [7, 11) is 1.60. The first-order valence-corrected chi connectivity index (χ1v) is 7.85. The number of nitrogens with zero attached hydrogens (tertiary/aromatic N) is 1. The minimum absolute atomic E-state index is 0. The van der Waals surface area contributed by atoms with Gasteiger partial charge in [0.2, 0.25) is 0 Å². The van der Waals surface area contributed by atoms with E-state index in [1.807, 2.05) is 17.0 Å². The van der Waals surface area contributed by atoms with Crippen LogP contribution in [0.3, 0.4) is 0 Å². The van der Waals surface area contributed by atoms with Crippen molar-refractivity contribution in [3.63, 3.8) is 0 Å². The molecule has 1 aromatic carbocycles. The number of hydrogen-bond acceptors (Lipinski definition) is 4. The predicted octanol–water partition coefficient (Wildman–Crippen LogP) is 2.59. The SMILES string of the molecule is COc1cc(C(=O)N2CCNC[C@H]2C)ccc1OCC(C)C.Cl. The third-order valence-electron chi connectivity index (χ3n) is 3.74. The summed E-state index contributed by atoms with van der Waals surface area (Å²) in [6.07, 6.45) is 0. The summed E-state index contributed by atoms with van der Waals surface area (Å²) in [6.45, 7) is 9.27. The van der Waals surface area contributed by atoms with Crippen LogP contribution in [-0.4, -0.2) is 50.2 Å². The number of ether oxygens (including phenoxy) is 2. The van der Waals surface area contributed by atoms with Crippen molar-refractivity contribution in [3.8, 4) is 11.5 Å². The van der Waals surface area contributed by atoms with Gasteiger partial charge in [-0.2, -0.15) is 0 Å². The summed E-state index contributed by atoms with van der Waals surface area (Å²) < 4.78 is 11.1. The largest absolute Gasteiger partial charge is 0.493 e. The predicted molar refractivity (Wildman–Crippen MR) is 93.9 cm³/mol. The van der Waals surface area contributed by atoms with Crippen molar-refractivity contribution in [2.24, 2.45) is 5.92 Å². The van der Waals surface area contributed by atoms with Crippen LogP contribution < -0.4 is 14.8 Å². The zero-order valence-corrected chi connectivity index (χ0v) is 15.1. The van der Waals surface area contributed by atoms with Gasteiger partial charge in [-0.1, -0.05) is 13.8 Å². The van der Waals surface area contributed by atoms with E-state index in [2.05, 4.69) is 26.1 Å². The highest BCUT2D eigenvalue weighted by Gasteiger charge is 2.24. The molecule has 0 bridgehead atoms. The Morgan fingerprint density at radius 2 is 2.13 bits per heavy atom. The fourth-order valence-electron chi connectivity index (χ4n) is 2.48. The van der Waals surface area contributed by atoms with E-state index in [4.69, 9.17) is 9.47 Å². The van der Waals surface area contributed by atoms with Crippen molar-refractivity contribution in [3.05, 3.63) is 23.8 Å². The zero-order chi connectivity index (χ0) is 16.1. The standard InChI is InChI=1S/C17H26N2O3.ClH/c1-12(2)11-22-15-6-5-14(9-16(15)21-4)17(20)19-8-7-18-10-13(19)3;/h5-6,9,12-13,18H,7-8,10-11H2,1-4H3;1H/t13-;/m1./s1. The topological polar surface area (TPSA) is 50.8 Å². The molecule has 2 rings (SSSR count). The van der Waals surface area contributed by atoms with E-state index in [0.717, 1.165) is 19.6 Å². The van der Waals surface area contributed by atoms with E-state index in [9.17, 15) is 4.79 Å². The van der Waals surface area contributed by atoms with E-state index in [-0.39, 0.29) is 24.4 Å². The van der Waals surface area contributed by atoms with E-state index >= 15 is 0 Å². The fraction of sp³-hybridized carbons (Fsp3) is 0.588. The van der Waals surface area contributed by atoms with E-state index < -0.39 is 0 Å². The maximum absolute atomic E-state index is 12.7. The highest BCUT2D eigenvalue weighted by molar-refractivity contribution is 5.95. The Labute approximate surface area is 144 Å². The third kappa shape index (κ3) is 5.01. The Morgan fingerprint density at radius 3 is 2.74 bits per heavy atom. The first kappa shape index (κ1) is 19.6. The van der Waals surface area contributed by atoms with Gasteiger partial charge in [0, 0.05) is 31.2 Å². The van der Waals surface area contributed by atoms with Gasteiger partial charge in [0.15, 0.2) is 11.5 Å². The average molecular weight is 343 g/mol. The smallest absolute Gasteiger partial charge is 0.254 e. The molecule has 5 nitrogen and oxygen atoms in total. The van der Waals surface area contributed by atoms with Crippen LogP contribution in [0.2, 0.25) is 0 Å². The number of rotatable bonds is 5. The number of halogens is 1. The van der Waals surface area contributed by atoms with Gasteiger partial charge in [0.05, 0.1) is 13.7 Å². The number of amides is 1. The molecule has 130 valence electrons. The quantitative estimate of drug-likeness (QED) is 0.893. The first-order chi connectivity index (χ1) is 10.5. The number of nitrogens with one attached hydrogen (secondary N) is 1. The Morgan fingerprint density at radius 1 is 1.39 bits per heavy atom. The Hall–Kier alpha value is -1.46. The minimum Gasteiger partial charge on any atom is -0.493 e. The molecule has 23 heavy (non-hydrogen) atoms. The summed E-state index contributed by atoms with van der Waals surface area (Å²) in [4.78, 5) is 14.6. The number of carbonyl (C=O) groups is 1. The lowest BCUT2D eigenvalue weighted by molar-refractivity contribution is 0.0655. The molecule has 0 radical (unpaired) electrons. The van der Waals surface area contributed by atoms with E-state index in [0.29, 0.717) is 29.6 Å². The molecule has 0 aromatic heterocycles. The number of benzene rings is 1. The van der Waals surface area contributed by atoms with Gasteiger partial charge in [-0.3, -0.25) is 4.79 Å². The lowest BCUT2D eigenvalue weighted by atomic mass is 10.1. The van der Waals surface area contributed by atoms with Gasteiger partial charge in [0.1, 0.15) is 0 Å². The van der Waals surface area contributed by atoms with Crippen molar-refractivity contribution in [1.82, 2.24) is 10.2 Å². The average Bonchev–Trinajstić information content (AvgIpc) is 2.52. The molecule has 1 saturated heterocycles. The molecular formula is C17H27ClN2O3. The normalized spacial score (nSPS) is 17.6. The van der Waals surface area contributed by atoms with Gasteiger partial charge in [0.25, 0.3) is 5.91 Å². The van der Waals surface area contributed by atoms with Crippen molar-refractivity contribution in [2.45, 2.75) is 26.8 Å². The van der Waals surface area contributed by atoms with Crippen LogP contribution in [0.25, 0.3) is 0 Å². The monoisotopic (exact) mass is 342 g/mol. The molecule has 1 heterocycles. The maximum Gasteiger partial charge on any atom is 0.254 e. The summed E-state index contributed by atoms with van der Waals surface area (Å²) in [6, 6.07) is 5.60. The highest BCUT2D eigenvalue weighted by Crippen LogP contribution is 2.29. The second kappa shape index (κ2) is 8.99. The number of carbonyl (C=O) groups excluding carboxylic acids is 1. The van der Waals surface area contributed by atoms with Crippen LogP contribution in [0.5, 0.6) is 11.5 Å². The molecule has 1 N–H and O–H groups in total. The van der Waals surface area contributed by atoms with Crippen LogP contribution in [0.1, 0.15) is 31.1 Å². The van der Waals surface area contributed by atoms with Gasteiger partial charge in [-0.15, -0.1) is 12.4 Å². The Kier molecular flexibility index (Phi) is 7.65.